The van der Waals surface area contributed by atoms with Crippen LogP contribution < -0.4 is 4.90 Å². The van der Waals surface area contributed by atoms with Crippen molar-refractivity contribution in [2.24, 2.45) is 0 Å². The molecule has 0 atom stereocenters. The van der Waals surface area contributed by atoms with E-state index in [1.165, 1.54) is 104 Å². The Morgan fingerprint density at radius 1 is 0.455 bits per heavy atom. The number of hydrogen-bond acceptors (Lipinski definition) is 1. The van der Waals surface area contributed by atoms with Gasteiger partial charge in [0.25, 0.3) is 0 Å². The molecule has 9 rings (SSSR count). The summed E-state index contributed by atoms with van der Waals surface area (Å²) in [5.74, 6) is 0. The lowest BCUT2D eigenvalue weighted by Gasteiger charge is -2.37. The Hall–Kier alpha value is -4.88. The minimum Gasteiger partial charge on any atom is -0.309 e. The van der Waals surface area contributed by atoms with Crippen LogP contribution in [-0.2, 0) is 5.41 Å². The van der Waals surface area contributed by atoms with E-state index in [-0.39, 0.29) is 5.41 Å². The topological polar surface area (TPSA) is 3.24 Å². The highest BCUT2D eigenvalue weighted by molar-refractivity contribution is 6.42. The van der Waals surface area contributed by atoms with Crippen molar-refractivity contribution >= 4 is 70.9 Å². The number of aryl methyl sites for hydroxylation is 4. The van der Waals surface area contributed by atoms with Crippen LogP contribution in [0.2, 0.25) is 0 Å². The lowest BCUT2D eigenvalue weighted by molar-refractivity contribution is 0.652. The molecule has 1 aliphatic carbocycles. The van der Waals surface area contributed by atoms with Crippen molar-refractivity contribution in [1.29, 1.82) is 0 Å². The first-order valence-electron chi connectivity index (χ1n) is 15.8. The van der Waals surface area contributed by atoms with E-state index < -0.39 is 0 Å². The average Bonchev–Trinajstić information content (AvgIpc) is 3.00. The van der Waals surface area contributed by atoms with Crippen molar-refractivity contribution in [2.75, 3.05) is 4.90 Å². The standard InChI is InChI=1S/C43H35N/c1-24-16-20-35(26(3)22-24)44(36-21-17-25(2)23-27(36)4)42-31-13-8-12-30-29-11-7-10-28-18-19-34-40(37(28)29)41(38(30)31)39-32(42)14-9-15-33(39)43(34,5)6/h7-23H,1-6H3. The zero-order valence-electron chi connectivity index (χ0n) is 26.3. The van der Waals surface area contributed by atoms with Crippen LogP contribution in [0.15, 0.2) is 103 Å². The molecule has 8 aromatic carbocycles. The van der Waals surface area contributed by atoms with Gasteiger partial charge in [-0.05, 0) is 99.8 Å². The molecule has 0 fully saturated rings. The SMILES string of the molecule is Cc1ccc(N(c2ccc(C)cc2C)c2c3cccc4c3c3c5c(ccc6cccc(c7cccc2c73)c65)C4(C)C)c(C)c1. The third-order valence-corrected chi connectivity index (χ3v) is 10.5. The van der Waals surface area contributed by atoms with Gasteiger partial charge in [0.2, 0.25) is 0 Å². The number of anilines is 3. The lowest BCUT2D eigenvalue weighted by Crippen LogP contribution is -2.23. The van der Waals surface area contributed by atoms with Crippen LogP contribution in [0.5, 0.6) is 0 Å². The van der Waals surface area contributed by atoms with Gasteiger partial charge in [-0.25, -0.2) is 0 Å². The first-order chi connectivity index (χ1) is 21.3. The highest BCUT2D eigenvalue weighted by Crippen LogP contribution is 2.57. The molecular formula is C43H35N. The molecule has 0 aromatic heterocycles. The maximum atomic E-state index is 2.56. The van der Waals surface area contributed by atoms with E-state index in [0.29, 0.717) is 0 Å². The predicted octanol–water partition coefficient (Wildman–Crippen LogP) is 12.2. The maximum absolute atomic E-state index is 2.56. The number of rotatable bonds is 3. The van der Waals surface area contributed by atoms with Crippen LogP contribution in [-0.4, -0.2) is 0 Å². The molecule has 212 valence electrons. The number of benzene rings is 8. The van der Waals surface area contributed by atoms with E-state index in [0.717, 1.165) is 0 Å². The van der Waals surface area contributed by atoms with Crippen LogP contribution in [0.3, 0.4) is 0 Å². The van der Waals surface area contributed by atoms with E-state index in [1.807, 2.05) is 0 Å². The van der Waals surface area contributed by atoms with Gasteiger partial charge in [0.05, 0.1) is 5.69 Å². The largest absolute Gasteiger partial charge is 0.309 e. The van der Waals surface area contributed by atoms with E-state index in [1.54, 1.807) is 0 Å². The van der Waals surface area contributed by atoms with E-state index in [4.69, 9.17) is 0 Å². The van der Waals surface area contributed by atoms with Crippen LogP contribution in [0.4, 0.5) is 17.1 Å². The summed E-state index contributed by atoms with van der Waals surface area (Å²) < 4.78 is 0. The van der Waals surface area contributed by atoms with Crippen LogP contribution >= 0.6 is 0 Å². The molecular weight excluding hydrogens is 530 g/mol. The zero-order chi connectivity index (χ0) is 30.1. The first-order valence-corrected chi connectivity index (χ1v) is 15.8. The van der Waals surface area contributed by atoms with Gasteiger partial charge in [-0.1, -0.05) is 116 Å². The summed E-state index contributed by atoms with van der Waals surface area (Å²) in [6, 6.07) is 39.4. The second-order valence-corrected chi connectivity index (χ2v) is 13.6. The molecule has 0 unspecified atom stereocenters. The fourth-order valence-corrected chi connectivity index (χ4v) is 8.56. The Bertz CT molecular complexity index is 2460. The summed E-state index contributed by atoms with van der Waals surface area (Å²) in [5, 5.41) is 13.7. The van der Waals surface area contributed by atoms with E-state index in [9.17, 15) is 0 Å². The summed E-state index contributed by atoms with van der Waals surface area (Å²) in [6.45, 7) is 13.7. The van der Waals surface area contributed by atoms with Crippen molar-refractivity contribution in [2.45, 2.75) is 47.0 Å². The quantitative estimate of drug-likeness (QED) is 0.152. The second-order valence-electron chi connectivity index (χ2n) is 13.6. The number of nitrogens with zero attached hydrogens (tertiary/aromatic N) is 1. The van der Waals surface area contributed by atoms with E-state index in [2.05, 4.69) is 150 Å². The molecule has 0 saturated carbocycles. The summed E-state index contributed by atoms with van der Waals surface area (Å²) in [6.07, 6.45) is 0. The molecule has 0 saturated heterocycles. The Kier molecular flexibility index (Phi) is 5.01. The maximum Gasteiger partial charge on any atom is 0.0619 e. The van der Waals surface area contributed by atoms with Crippen molar-refractivity contribution in [3.8, 4) is 0 Å². The van der Waals surface area contributed by atoms with Gasteiger partial charge in [-0.2, -0.15) is 0 Å². The molecule has 1 nitrogen and oxygen atoms in total. The fourth-order valence-electron chi connectivity index (χ4n) is 8.56. The first kappa shape index (κ1) is 25.6. The van der Waals surface area contributed by atoms with Gasteiger partial charge in [0.1, 0.15) is 0 Å². The van der Waals surface area contributed by atoms with Crippen LogP contribution in [0.1, 0.15) is 47.2 Å². The molecule has 0 aliphatic heterocycles. The van der Waals surface area contributed by atoms with Gasteiger partial charge < -0.3 is 4.90 Å². The van der Waals surface area contributed by atoms with Gasteiger partial charge >= 0.3 is 0 Å². The summed E-state index contributed by atoms with van der Waals surface area (Å²) >= 11 is 0. The van der Waals surface area contributed by atoms with E-state index >= 15 is 0 Å². The Morgan fingerprint density at radius 2 is 1.00 bits per heavy atom. The second kappa shape index (κ2) is 8.61. The predicted molar refractivity (Wildman–Crippen MR) is 191 cm³/mol. The molecule has 8 aromatic rings. The summed E-state index contributed by atoms with van der Waals surface area (Å²) in [5.41, 5.74) is 11.6. The molecule has 0 heterocycles. The molecule has 1 aliphatic rings. The van der Waals surface area contributed by atoms with Crippen molar-refractivity contribution < 1.29 is 0 Å². The third-order valence-electron chi connectivity index (χ3n) is 10.5. The zero-order valence-corrected chi connectivity index (χ0v) is 26.3. The fraction of sp³-hybridized carbons (Fsp3) is 0.163. The highest BCUT2D eigenvalue weighted by atomic mass is 15.1. The molecule has 0 bridgehead atoms. The molecule has 0 radical (unpaired) electrons. The smallest absolute Gasteiger partial charge is 0.0619 e. The Labute approximate surface area is 258 Å². The molecule has 0 amide bonds. The van der Waals surface area contributed by atoms with Crippen molar-refractivity contribution in [3.63, 3.8) is 0 Å². The van der Waals surface area contributed by atoms with Crippen LogP contribution in [0, 0.1) is 27.7 Å². The molecule has 0 N–H and O–H groups in total. The third kappa shape index (κ3) is 3.14. The number of fused-ring (bicyclic) bond motifs is 1. The highest BCUT2D eigenvalue weighted by Gasteiger charge is 2.36. The molecule has 0 spiro atoms. The average molecular weight is 566 g/mol. The van der Waals surface area contributed by atoms with Gasteiger partial charge in [0.15, 0.2) is 0 Å². The molecule has 1 heteroatoms. The Balaban J connectivity index is 1.59. The minimum atomic E-state index is -0.134. The normalized spacial score (nSPS) is 13.9. The van der Waals surface area contributed by atoms with Gasteiger partial charge in [-0.3, -0.25) is 0 Å². The number of hydrogen-bond donors (Lipinski definition) is 0. The van der Waals surface area contributed by atoms with Gasteiger partial charge in [0, 0.05) is 32.9 Å². The van der Waals surface area contributed by atoms with Crippen LogP contribution in [0.25, 0.3) is 53.9 Å². The van der Waals surface area contributed by atoms with Crippen molar-refractivity contribution in [3.05, 3.63) is 137 Å². The Morgan fingerprint density at radius 3 is 1.66 bits per heavy atom. The monoisotopic (exact) mass is 565 g/mol. The summed E-state index contributed by atoms with van der Waals surface area (Å²) in [4.78, 5) is 2.56. The summed E-state index contributed by atoms with van der Waals surface area (Å²) in [7, 11) is 0. The minimum absolute atomic E-state index is 0.134. The molecule has 44 heavy (non-hydrogen) atoms. The lowest BCUT2D eigenvalue weighted by atomic mass is 9.68. The van der Waals surface area contributed by atoms with Crippen molar-refractivity contribution in [1.82, 2.24) is 0 Å². The van der Waals surface area contributed by atoms with Gasteiger partial charge in [-0.15, -0.1) is 0 Å².